The van der Waals surface area contributed by atoms with Crippen molar-refractivity contribution in [1.29, 1.82) is 0 Å². The molecule has 1 aliphatic rings. The third kappa shape index (κ3) is 4.92. The number of hydrogen-bond donors (Lipinski definition) is 0. The van der Waals surface area contributed by atoms with Crippen molar-refractivity contribution < 1.29 is 79.8 Å². The number of alkyl halides is 16. The van der Waals surface area contributed by atoms with Crippen LogP contribution in [0, 0.1) is 11.8 Å². The van der Waals surface area contributed by atoms with E-state index in [9.17, 15) is 75.0 Å². The van der Waals surface area contributed by atoms with E-state index in [1.807, 2.05) is 0 Å². The summed E-state index contributed by atoms with van der Waals surface area (Å²) in [6.45, 7) is -1.34. The Balaban J connectivity index is 3.22. The second-order valence-electron chi connectivity index (χ2n) is 8.23. The SMILES string of the molecule is CC[C@H]1CC[C@H](C(=O)OCC(F)(F)C(F)(F)C(F)(F)C(F)(F)C(F)(F)C(F)(F)C(F)(F)C(F)F)CC1. The van der Waals surface area contributed by atoms with E-state index in [0.717, 1.165) is 0 Å². The Kier molecular flexibility index (Phi) is 8.91. The normalized spacial score (nSPS) is 21.6. The molecule has 0 N–H and O–H groups in total. The smallest absolute Gasteiger partial charge is 0.385 e. The van der Waals surface area contributed by atoms with Crippen LogP contribution in [0.5, 0.6) is 0 Å². The molecule has 0 aromatic heterocycles. The topological polar surface area (TPSA) is 26.3 Å². The fraction of sp³-hybridized carbons (Fsp3) is 0.944. The summed E-state index contributed by atoms with van der Waals surface area (Å²) >= 11 is 0. The second-order valence-corrected chi connectivity index (χ2v) is 8.23. The van der Waals surface area contributed by atoms with Crippen LogP contribution >= 0.6 is 0 Å². The van der Waals surface area contributed by atoms with E-state index in [4.69, 9.17) is 0 Å². The molecule has 1 rings (SSSR count). The molecule has 0 heterocycles. The first-order chi connectivity index (χ1) is 15.9. The standard InChI is InChI=1S/C18H18F16O2/c1-2-8-3-5-9(6-4-8)10(35)36-7-12(21,22)14(25,26)16(29,30)18(33,34)17(31,32)15(27,28)13(23,24)11(19)20/h8-9,11H,2-7H2,1H3/t8-,9-. The first-order valence-electron chi connectivity index (χ1n) is 9.96. The van der Waals surface area contributed by atoms with Gasteiger partial charge >= 0.3 is 53.9 Å². The summed E-state index contributed by atoms with van der Waals surface area (Å²) in [6, 6.07) is 0. The molecular formula is C18H18F16O2. The van der Waals surface area contributed by atoms with Crippen LogP contribution in [0.1, 0.15) is 39.0 Å². The zero-order valence-electron chi connectivity index (χ0n) is 17.8. The van der Waals surface area contributed by atoms with Gasteiger partial charge in [-0.25, -0.2) is 8.78 Å². The van der Waals surface area contributed by atoms with Gasteiger partial charge in [-0.2, -0.15) is 61.5 Å². The molecule has 1 fully saturated rings. The highest BCUT2D eigenvalue weighted by molar-refractivity contribution is 5.72. The molecule has 1 saturated carbocycles. The van der Waals surface area contributed by atoms with Crippen LogP contribution < -0.4 is 0 Å². The molecule has 214 valence electrons. The maximum Gasteiger partial charge on any atom is 0.385 e. The van der Waals surface area contributed by atoms with Crippen molar-refractivity contribution in [2.24, 2.45) is 11.8 Å². The number of carbonyl (C=O) groups is 1. The summed E-state index contributed by atoms with van der Waals surface area (Å²) < 4.78 is 216. The van der Waals surface area contributed by atoms with E-state index in [1.54, 1.807) is 6.92 Å². The molecular weight excluding hydrogens is 552 g/mol. The highest BCUT2D eigenvalue weighted by Crippen LogP contribution is 2.62. The fourth-order valence-electron chi connectivity index (χ4n) is 3.34. The number of halogens is 16. The van der Waals surface area contributed by atoms with E-state index in [0.29, 0.717) is 19.3 Å². The lowest BCUT2D eigenvalue weighted by Crippen LogP contribution is -2.74. The fourth-order valence-corrected chi connectivity index (χ4v) is 3.34. The van der Waals surface area contributed by atoms with Gasteiger partial charge in [0.15, 0.2) is 6.61 Å². The summed E-state index contributed by atoms with van der Waals surface area (Å²) in [4.78, 5) is 11.8. The number of carbonyl (C=O) groups excluding carboxylic acids is 1. The first-order valence-corrected chi connectivity index (χ1v) is 9.96. The molecule has 0 aromatic carbocycles. The van der Waals surface area contributed by atoms with Crippen molar-refractivity contribution in [3.63, 3.8) is 0 Å². The predicted molar refractivity (Wildman–Crippen MR) is 87.3 cm³/mol. The summed E-state index contributed by atoms with van der Waals surface area (Å²) in [6.07, 6.45) is -4.58. The molecule has 0 radical (unpaired) electrons. The van der Waals surface area contributed by atoms with Crippen molar-refractivity contribution in [3.05, 3.63) is 0 Å². The van der Waals surface area contributed by atoms with Crippen LogP contribution in [0.2, 0.25) is 0 Å². The van der Waals surface area contributed by atoms with Crippen LogP contribution in [0.25, 0.3) is 0 Å². The van der Waals surface area contributed by atoms with Gasteiger partial charge in [0.1, 0.15) is 0 Å². The molecule has 1 aliphatic carbocycles. The monoisotopic (exact) mass is 570 g/mol. The van der Waals surface area contributed by atoms with Crippen LogP contribution in [-0.2, 0) is 9.53 Å². The molecule has 0 aliphatic heterocycles. The lowest BCUT2D eigenvalue weighted by molar-refractivity contribution is -0.447. The summed E-state index contributed by atoms with van der Waals surface area (Å²) in [5.41, 5.74) is 0. The Bertz CT molecular complexity index is 771. The van der Waals surface area contributed by atoms with E-state index in [2.05, 4.69) is 4.74 Å². The lowest BCUT2D eigenvalue weighted by Gasteiger charge is -2.42. The van der Waals surface area contributed by atoms with Crippen LogP contribution in [0.4, 0.5) is 70.2 Å². The third-order valence-corrected chi connectivity index (χ3v) is 5.88. The maximum atomic E-state index is 13.8. The lowest BCUT2D eigenvalue weighted by atomic mass is 9.81. The van der Waals surface area contributed by atoms with Crippen molar-refractivity contribution >= 4 is 5.97 Å². The van der Waals surface area contributed by atoms with Gasteiger partial charge in [-0.1, -0.05) is 13.3 Å². The van der Waals surface area contributed by atoms with Crippen LogP contribution in [0.15, 0.2) is 0 Å². The van der Waals surface area contributed by atoms with Gasteiger partial charge in [-0.15, -0.1) is 0 Å². The second kappa shape index (κ2) is 9.91. The number of hydrogen-bond acceptors (Lipinski definition) is 2. The highest BCUT2D eigenvalue weighted by Gasteiger charge is 2.93. The van der Waals surface area contributed by atoms with Crippen molar-refractivity contribution in [3.8, 4) is 0 Å². The van der Waals surface area contributed by atoms with Gasteiger partial charge in [-0.3, -0.25) is 4.79 Å². The average Bonchev–Trinajstić information content (AvgIpc) is 2.76. The van der Waals surface area contributed by atoms with Crippen LogP contribution in [-0.4, -0.2) is 60.5 Å². The minimum atomic E-state index is -8.46. The largest absolute Gasteiger partial charge is 0.459 e. The minimum Gasteiger partial charge on any atom is -0.459 e. The summed E-state index contributed by atoms with van der Waals surface area (Å²) in [7, 11) is 0. The molecule has 0 saturated heterocycles. The van der Waals surface area contributed by atoms with Gasteiger partial charge in [0.25, 0.3) is 0 Å². The Morgan fingerprint density at radius 3 is 1.47 bits per heavy atom. The Hall–Kier alpha value is -1.65. The zero-order valence-corrected chi connectivity index (χ0v) is 17.8. The molecule has 18 heteroatoms. The Morgan fingerprint density at radius 1 is 0.694 bits per heavy atom. The molecule has 0 aromatic rings. The Morgan fingerprint density at radius 2 is 1.08 bits per heavy atom. The van der Waals surface area contributed by atoms with E-state index in [1.165, 1.54) is 0 Å². The van der Waals surface area contributed by atoms with Gasteiger partial charge < -0.3 is 4.74 Å². The van der Waals surface area contributed by atoms with Crippen molar-refractivity contribution in [2.45, 2.75) is 86.9 Å². The van der Waals surface area contributed by atoms with Gasteiger partial charge in [0.2, 0.25) is 0 Å². The molecule has 0 atom stereocenters. The minimum absolute atomic E-state index is 0.0206. The molecule has 36 heavy (non-hydrogen) atoms. The number of rotatable bonds is 11. The highest BCUT2D eigenvalue weighted by atomic mass is 19.4. The van der Waals surface area contributed by atoms with Gasteiger partial charge in [0.05, 0.1) is 5.92 Å². The van der Waals surface area contributed by atoms with E-state index < -0.39 is 66.4 Å². The molecule has 2 nitrogen and oxygen atoms in total. The first kappa shape index (κ1) is 32.4. The van der Waals surface area contributed by atoms with Crippen LogP contribution in [0.3, 0.4) is 0 Å². The summed E-state index contributed by atoms with van der Waals surface area (Å²) in [5, 5.41) is 0. The van der Waals surface area contributed by atoms with Gasteiger partial charge in [0, 0.05) is 0 Å². The molecule has 0 bridgehead atoms. The van der Waals surface area contributed by atoms with Crippen molar-refractivity contribution in [2.75, 3.05) is 6.61 Å². The number of ether oxygens (including phenoxy) is 1. The van der Waals surface area contributed by atoms with E-state index in [-0.39, 0.29) is 18.8 Å². The zero-order chi connectivity index (χ0) is 28.8. The molecule has 0 spiro atoms. The maximum absolute atomic E-state index is 13.8. The number of esters is 1. The predicted octanol–water partition coefficient (Wildman–Crippen LogP) is 7.46. The van der Waals surface area contributed by atoms with Crippen molar-refractivity contribution in [1.82, 2.24) is 0 Å². The molecule has 0 amide bonds. The van der Waals surface area contributed by atoms with E-state index >= 15 is 0 Å². The van der Waals surface area contributed by atoms with Gasteiger partial charge in [-0.05, 0) is 31.6 Å². The molecule has 0 unspecified atom stereocenters. The third-order valence-electron chi connectivity index (χ3n) is 5.88. The quantitative estimate of drug-likeness (QED) is 0.191. The Labute approximate surface area is 192 Å². The average molecular weight is 570 g/mol. The summed E-state index contributed by atoms with van der Waals surface area (Å²) in [5.74, 6) is -57.9.